The van der Waals surface area contributed by atoms with Gasteiger partial charge >= 0.3 is 0 Å². The van der Waals surface area contributed by atoms with Crippen molar-refractivity contribution in [1.29, 1.82) is 0 Å². The van der Waals surface area contributed by atoms with Gasteiger partial charge in [0.25, 0.3) is 10.0 Å². The van der Waals surface area contributed by atoms with E-state index >= 15 is 0 Å². The highest BCUT2D eigenvalue weighted by Crippen LogP contribution is 2.37. The lowest BCUT2D eigenvalue weighted by molar-refractivity contribution is 0.603. The van der Waals surface area contributed by atoms with E-state index < -0.39 is 10.0 Å². The smallest absolute Gasteiger partial charge is 0.271 e. The Labute approximate surface area is 145 Å². The maximum atomic E-state index is 12.4. The largest absolute Gasteiger partial charge is 0.326 e. The van der Waals surface area contributed by atoms with Crippen LogP contribution in [-0.4, -0.2) is 8.42 Å². The van der Waals surface area contributed by atoms with E-state index in [0.29, 0.717) is 11.0 Å². The first-order valence-electron chi connectivity index (χ1n) is 5.72. The molecule has 114 valence electrons. The van der Waals surface area contributed by atoms with Crippen LogP contribution in [0, 0.1) is 6.92 Å². The third-order valence-corrected chi connectivity index (χ3v) is 7.60. The van der Waals surface area contributed by atoms with Crippen molar-refractivity contribution >= 4 is 66.2 Å². The molecule has 0 saturated carbocycles. The van der Waals surface area contributed by atoms with Crippen molar-refractivity contribution in [3.8, 4) is 0 Å². The zero-order valence-corrected chi connectivity index (χ0v) is 15.5. The molecule has 2 aromatic rings. The lowest BCUT2D eigenvalue weighted by atomic mass is 10.3. The number of benzene rings is 1. The number of nitrogens with one attached hydrogen (secondary N) is 1. The van der Waals surface area contributed by atoms with E-state index in [9.17, 15) is 8.42 Å². The maximum Gasteiger partial charge on any atom is 0.271 e. The second-order valence-corrected chi connectivity index (χ2v) is 8.86. The van der Waals surface area contributed by atoms with Gasteiger partial charge in [0.05, 0.1) is 15.7 Å². The van der Waals surface area contributed by atoms with Crippen molar-refractivity contribution in [3.63, 3.8) is 0 Å². The highest BCUT2D eigenvalue weighted by molar-refractivity contribution is 9.10. The fourth-order valence-corrected chi connectivity index (χ4v) is 5.04. The average molecular weight is 430 g/mol. The number of anilines is 1. The van der Waals surface area contributed by atoms with Crippen molar-refractivity contribution in [2.75, 3.05) is 4.72 Å². The van der Waals surface area contributed by atoms with Crippen LogP contribution in [0.5, 0.6) is 0 Å². The van der Waals surface area contributed by atoms with Gasteiger partial charge in [-0.3, -0.25) is 4.72 Å². The molecule has 0 aliphatic heterocycles. The predicted molar refractivity (Wildman–Crippen MR) is 91.9 cm³/mol. The number of nitrogens with two attached hydrogens (primary N) is 1. The first-order valence-corrected chi connectivity index (χ1v) is 9.57. The first-order chi connectivity index (χ1) is 9.76. The molecule has 0 bridgehead atoms. The van der Waals surface area contributed by atoms with E-state index in [0.717, 1.165) is 21.8 Å². The normalized spacial score (nSPS) is 11.7. The quantitative estimate of drug-likeness (QED) is 0.708. The van der Waals surface area contributed by atoms with Crippen LogP contribution < -0.4 is 10.5 Å². The molecule has 0 fully saturated rings. The monoisotopic (exact) mass is 428 g/mol. The van der Waals surface area contributed by atoms with E-state index in [1.807, 2.05) is 6.92 Å². The van der Waals surface area contributed by atoms with Crippen LogP contribution in [0.3, 0.4) is 0 Å². The van der Waals surface area contributed by atoms with Crippen LogP contribution in [-0.2, 0) is 16.6 Å². The zero-order chi connectivity index (χ0) is 15.8. The molecule has 9 heteroatoms. The van der Waals surface area contributed by atoms with Crippen LogP contribution in [0.15, 0.2) is 26.9 Å². The molecule has 0 spiro atoms. The van der Waals surface area contributed by atoms with E-state index in [1.165, 1.54) is 0 Å². The summed E-state index contributed by atoms with van der Waals surface area (Å²) in [6, 6.07) is 4.75. The van der Waals surface area contributed by atoms with Gasteiger partial charge in [0, 0.05) is 15.9 Å². The number of hydrogen-bond donors (Lipinski definition) is 2. The Morgan fingerprint density at radius 1 is 1.33 bits per heavy atom. The van der Waals surface area contributed by atoms with Gasteiger partial charge in [-0.15, -0.1) is 11.3 Å². The van der Waals surface area contributed by atoms with Crippen LogP contribution in [0.2, 0.25) is 10.0 Å². The number of hydrogen-bond acceptors (Lipinski definition) is 4. The molecule has 0 amide bonds. The van der Waals surface area contributed by atoms with Crippen molar-refractivity contribution in [1.82, 2.24) is 0 Å². The number of sulfonamides is 1. The molecule has 1 heterocycles. The Morgan fingerprint density at radius 3 is 2.57 bits per heavy atom. The predicted octanol–water partition coefficient (Wildman–Crippen LogP) is 4.39. The Morgan fingerprint density at radius 2 is 2.00 bits per heavy atom. The third kappa shape index (κ3) is 3.55. The first kappa shape index (κ1) is 17.1. The van der Waals surface area contributed by atoms with Gasteiger partial charge in [-0.25, -0.2) is 8.42 Å². The Kier molecular flexibility index (Phi) is 5.23. The van der Waals surface area contributed by atoms with Crippen LogP contribution in [0.25, 0.3) is 0 Å². The van der Waals surface area contributed by atoms with Gasteiger partial charge in [-0.05, 0) is 46.6 Å². The van der Waals surface area contributed by atoms with Crippen LogP contribution in [0.1, 0.15) is 10.4 Å². The Bertz CT molecular complexity index is 791. The van der Waals surface area contributed by atoms with Gasteiger partial charge in [0.2, 0.25) is 0 Å². The second-order valence-electron chi connectivity index (χ2n) is 4.20. The fourth-order valence-electron chi connectivity index (χ4n) is 1.62. The zero-order valence-electron chi connectivity index (χ0n) is 10.8. The van der Waals surface area contributed by atoms with Crippen molar-refractivity contribution in [3.05, 3.63) is 43.2 Å². The van der Waals surface area contributed by atoms with E-state index in [1.54, 1.807) is 18.2 Å². The van der Waals surface area contributed by atoms with E-state index in [2.05, 4.69) is 20.7 Å². The number of rotatable bonds is 4. The van der Waals surface area contributed by atoms with Crippen molar-refractivity contribution < 1.29 is 8.42 Å². The molecular weight excluding hydrogens is 419 g/mol. The summed E-state index contributed by atoms with van der Waals surface area (Å²) in [5.41, 5.74) is 6.65. The molecule has 0 unspecified atom stereocenters. The summed E-state index contributed by atoms with van der Waals surface area (Å²) >= 11 is 16.4. The molecule has 1 aromatic heterocycles. The van der Waals surface area contributed by atoms with Gasteiger partial charge in [-0.1, -0.05) is 23.2 Å². The lowest BCUT2D eigenvalue weighted by Gasteiger charge is -2.10. The summed E-state index contributed by atoms with van der Waals surface area (Å²) < 4.78 is 28.0. The summed E-state index contributed by atoms with van der Waals surface area (Å²) in [5, 5.41) is 0.392. The van der Waals surface area contributed by atoms with Gasteiger partial charge in [0.1, 0.15) is 4.21 Å². The number of halogens is 3. The summed E-state index contributed by atoms with van der Waals surface area (Å²) in [6.07, 6.45) is 0. The minimum atomic E-state index is -3.72. The Hall–Kier alpha value is -0.310. The molecule has 21 heavy (non-hydrogen) atoms. The number of thiophene rings is 1. The SMILES string of the molecule is Cc1cc(S(=O)(=O)Nc2ccc(Br)c(Cl)c2Cl)sc1CN. The summed E-state index contributed by atoms with van der Waals surface area (Å²) in [7, 11) is -3.72. The minimum absolute atomic E-state index is 0.141. The molecular formula is C12H11BrCl2N2O2S2. The fraction of sp³-hybridized carbons (Fsp3) is 0.167. The molecule has 0 atom stereocenters. The van der Waals surface area contributed by atoms with Crippen molar-refractivity contribution in [2.24, 2.45) is 5.73 Å². The molecule has 0 radical (unpaired) electrons. The molecule has 4 nitrogen and oxygen atoms in total. The molecule has 0 aliphatic carbocycles. The topological polar surface area (TPSA) is 72.2 Å². The van der Waals surface area contributed by atoms with Crippen LogP contribution >= 0.6 is 50.5 Å². The third-order valence-electron chi connectivity index (χ3n) is 2.73. The van der Waals surface area contributed by atoms with Crippen molar-refractivity contribution in [2.45, 2.75) is 17.7 Å². The van der Waals surface area contributed by atoms with E-state index in [-0.39, 0.29) is 19.9 Å². The standard InChI is InChI=1S/C12H11BrCl2N2O2S2/c1-6-4-10(20-9(6)5-16)21(18,19)17-8-3-2-7(13)11(14)12(8)15/h2-4,17H,5,16H2,1H3. The van der Waals surface area contributed by atoms with E-state index in [4.69, 9.17) is 28.9 Å². The molecule has 0 aliphatic rings. The van der Waals surface area contributed by atoms with Gasteiger partial charge < -0.3 is 5.73 Å². The highest BCUT2D eigenvalue weighted by Gasteiger charge is 2.21. The molecule has 2 rings (SSSR count). The molecule has 0 saturated heterocycles. The highest BCUT2D eigenvalue weighted by atomic mass is 79.9. The average Bonchev–Trinajstić information content (AvgIpc) is 2.81. The lowest BCUT2D eigenvalue weighted by Crippen LogP contribution is -2.12. The van der Waals surface area contributed by atoms with Crippen LogP contribution in [0.4, 0.5) is 5.69 Å². The minimum Gasteiger partial charge on any atom is -0.326 e. The second kappa shape index (κ2) is 6.44. The summed E-state index contributed by atoms with van der Waals surface area (Å²) in [5.74, 6) is 0. The maximum absolute atomic E-state index is 12.4. The summed E-state index contributed by atoms with van der Waals surface area (Å²) in [4.78, 5) is 0.829. The van der Waals surface area contributed by atoms with Gasteiger partial charge in [0.15, 0.2) is 0 Å². The molecule has 3 N–H and O–H groups in total. The summed E-state index contributed by atoms with van der Waals surface area (Å²) in [6.45, 7) is 2.12. The molecule has 1 aromatic carbocycles. The number of aryl methyl sites for hydroxylation is 1. The van der Waals surface area contributed by atoms with Gasteiger partial charge in [-0.2, -0.15) is 0 Å². The Balaban J connectivity index is 2.40.